The second kappa shape index (κ2) is 7.84. The maximum atomic E-state index is 4.48. The van der Waals surface area contributed by atoms with E-state index in [9.17, 15) is 0 Å². The molecule has 0 unspecified atom stereocenters. The third kappa shape index (κ3) is 4.27. The molecule has 0 saturated heterocycles. The third-order valence-corrected chi connectivity index (χ3v) is 5.59. The molecule has 2 rings (SSSR count). The Kier molecular flexibility index (Phi) is 6.08. The number of hydrogen-bond donors (Lipinski definition) is 2. The normalized spacial score (nSPS) is 17.5. The highest BCUT2D eigenvalue weighted by Crippen LogP contribution is 2.40. The van der Waals surface area contributed by atoms with Crippen LogP contribution in [0.3, 0.4) is 0 Å². The zero-order valence-corrected chi connectivity index (χ0v) is 15.5. The Morgan fingerprint density at radius 2 is 1.96 bits per heavy atom. The fourth-order valence-electron chi connectivity index (χ4n) is 3.76. The number of hydrogen-bond acceptors (Lipinski definition) is 2. The molecule has 0 aromatic carbocycles. The molecule has 5 nitrogen and oxygen atoms in total. The van der Waals surface area contributed by atoms with Crippen LogP contribution in [0.1, 0.15) is 56.0 Å². The van der Waals surface area contributed by atoms with E-state index in [1.54, 1.807) is 0 Å². The van der Waals surface area contributed by atoms with Crippen molar-refractivity contribution in [3.05, 3.63) is 17.0 Å². The quantitative estimate of drug-likeness (QED) is 0.626. The third-order valence-electron chi connectivity index (χ3n) is 5.59. The molecule has 1 aliphatic carbocycles. The van der Waals surface area contributed by atoms with Gasteiger partial charge in [-0.25, -0.2) is 0 Å². The number of rotatable bonds is 6. The first-order chi connectivity index (χ1) is 11.0. The monoisotopic (exact) mass is 319 g/mol. The number of nitrogens with one attached hydrogen (secondary N) is 2. The summed E-state index contributed by atoms with van der Waals surface area (Å²) in [5.74, 6) is 0.920. The lowest BCUT2D eigenvalue weighted by molar-refractivity contribution is 0.283. The van der Waals surface area contributed by atoms with Crippen molar-refractivity contribution in [2.75, 3.05) is 20.1 Å². The summed E-state index contributed by atoms with van der Waals surface area (Å²) in [5, 5.41) is 11.5. The molecule has 0 amide bonds. The maximum Gasteiger partial charge on any atom is 0.191 e. The van der Waals surface area contributed by atoms with Gasteiger partial charge >= 0.3 is 0 Å². The summed E-state index contributed by atoms with van der Waals surface area (Å²) in [6, 6.07) is 0. The Hall–Kier alpha value is -1.52. The van der Waals surface area contributed by atoms with Crippen LogP contribution in [-0.4, -0.2) is 35.9 Å². The van der Waals surface area contributed by atoms with Crippen molar-refractivity contribution in [2.24, 2.45) is 17.5 Å². The van der Waals surface area contributed by atoms with Crippen molar-refractivity contribution < 1.29 is 0 Å². The van der Waals surface area contributed by atoms with Gasteiger partial charge in [0.05, 0.1) is 5.69 Å². The lowest BCUT2D eigenvalue weighted by Gasteiger charge is -2.28. The highest BCUT2D eigenvalue weighted by Gasteiger charge is 2.31. The molecule has 0 aliphatic heterocycles. The van der Waals surface area contributed by atoms with Crippen LogP contribution < -0.4 is 10.6 Å². The Morgan fingerprint density at radius 1 is 1.26 bits per heavy atom. The van der Waals surface area contributed by atoms with Gasteiger partial charge in [0.2, 0.25) is 0 Å². The molecule has 1 aliphatic rings. The van der Waals surface area contributed by atoms with Crippen LogP contribution >= 0.6 is 0 Å². The van der Waals surface area contributed by atoms with Gasteiger partial charge in [0.1, 0.15) is 0 Å². The molecule has 2 N–H and O–H groups in total. The zero-order valence-electron chi connectivity index (χ0n) is 15.5. The van der Waals surface area contributed by atoms with Crippen LogP contribution in [0.2, 0.25) is 0 Å². The fraction of sp³-hybridized carbons (Fsp3) is 0.778. The fourth-order valence-corrected chi connectivity index (χ4v) is 3.76. The van der Waals surface area contributed by atoms with Crippen LogP contribution in [0.25, 0.3) is 0 Å². The Bertz CT molecular complexity index is 538. The average Bonchev–Trinajstić information content (AvgIpc) is 3.11. The van der Waals surface area contributed by atoms with Crippen molar-refractivity contribution in [3.63, 3.8) is 0 Å². The van der Waals surface area contributed by atoms with E-state index in [4.69, 9.17) is 0 Å². The van der Waals surface area contributed by atoms with Crippen molar-refractivity contribution in [3.8, 4) is 0 Å². The van der Waals surface area contributed by atoms with Crippen LogP contribution in [0.4, 0.5) is 0 Å². The zero-order chi connectivity index (χ0) is 16.9. The largest absolute Gasteiger partial charge is 0.356 e. The standard InChI is InChI=1S/C18H33N5/c1-6-18(10-7-8-11-18)13-21-17(19-4)20-12-9-16-14(2)22-23(5)15(16)3/h6-13H2,1-5H3,(H2,19,20,21). The van der Waals surface area contributed by atoms with Crippen molar-refractivity contribution in [1.29, 1.82) is 0 Å². The minimum Gasteiger partial charge on any atom is -0.356 e. The minimum atomic E-state index is 0.480. The van der Waals surface area contributed by atoms with E-state index in [1.165, 1.54) is 43.4 Å². The highest BCUT2D eigenvalue weighted by molar-refractivity contribution is 5.79. The summed E-state index contributed by atoms with van der Waals surface area (Å²) in [7, 11) is 3.86. The van der Waals surface area contributed by atoms with E-state index >= 15 is 0 Å². The first-order valence-corrected chi connectivity index (χ1v) is 8.95. The van der Waals surface area contributed by atoms with Crippen LogP contribution in [0.15, 0.2) is 4.99 Å². The molecule has 130 valence electrons. The van der Waals surface area contributed by atoms with Crippen molar-refractivity contribution in [2.45, 2.75) is 59.3 Å². The molecular weight excluding hydrogens is 286 g/mol. The Balaban J connectivity index is 1.81. The van der Waals surface area contributed by atoms with Crippen LogP contribution in [0.5, 0.6) is 0 Å². The van der Waals surface area contributed by atoms with Crippen LogP contribution in [-0.2, 0) is 13.5 Å². The molecule has 0 radical (unpaired) electrons. The van der Waals surface area contributed by atoms with Gasteiger partial charge in [0.15, 0.2) is 5.96 Å². The predicted octanol–water partition coefficient (Wildman–Crippen LogP) is 2.71. The topological polar surface area (TPSA) is 54.2 Å². The molecule has 5 heteroatoms. The summed E-state index contributed by atoms with van der Waals surface area (Å²) in [4.78, 5) is 4.37. The lowest BCUT2D eigenvalue weighted by Crippen LogP contribution is -2.43. The molecule has 1 aromatic heterocycles. The average molecular weight is 319 g/mol. The molecular formula is C18H33N5. The first-order valence-electron chi connectivity index (χ1n) is 8.95. The molecule has 23 heavy (non-hydrogen) atoms. The van der Waals surface area contributed by atoms with Gasteiger partial charge in [-0.2, -0.15) is 5.10 Å². The van der Waals surface area contributed by atoms with Gasteiger partial charge in [0, 0.05) is 32.9 Å². The number of aliphatic imine (C=N–C) groups is 1. The van der Waals surface area contributed by atoms with E-state index in [2.05, 4.69) is 41.5 Å². The number of nitrogens with zero attached hydrogens (tertiary/aromatic N) is 3. The van der Waals surface area contributed by atoms with Gasteiger partial charge in [-0.05, 0) is 50.5 Å². The molecule has 1 heterocycles. The molecule has 1 saturated carbocycles. The van der Waals surface area contributed by atoms with E-state index in [-0.39, 0.29) is 0 Å². The second-order valence-corrected chi connectivity index (χ2v) is 6.94. The molecule has 1 aromatic rings. The molecule has 1 fully saturated rings. The van der Waals surface area contributed by atoms with E-state index in [0.29, 0.717) is 5.41 Å². The second-order valence-electron chi connectivity index (χ2n) is 6.94. The van der Waals surface area contributed by atoms with Crippen molar-refractivity contribution in [1.82, 2.24) is 20.4 Å². The molecule has 0 atom stereocenters. The highest BCUT2D eigenvalue weighted by atomic mass is 15.3. The van der Waals surface area contributed by atoms with E-state index in [0.717, 1.165) is 31.2 Å². The van der Waals surface area contributed by atoms with Gasteiger partial charge in [0.25, 0.3) is 0 Å². The van der Waals surface area contributed by atoms with Crippen LogP contribution in [0, 0.1) is 19.3 Å². The summed E-state index contributed by atoms with van der Waals surface area (Å²) in [6.07, 6.45) is 7.68. The number of aryl methyl sites for hydroxylation is 2. The van der Waals surface area contributed by atoms with Gasteiger partial charge < -0.3 is 10.6 Å². The summed E-state index contributed by atoms with van der Waals surface area (Å²) < 4.78 is 1.96. The SMILES string of the molecule is CCC1(CNC(=NC)NCCc2c(C)nn(C)c2C)CCCC1. The van der Waals surface area contributed by atoms with E-state index in [1.807, 2.05) is 18.8 Å². The van der Waals surface area contributed by atoms with E-state index < -0.39 is 0 Å². The Labute approximate surface area is 141 Å². The van der Waals surface area contributed by atoms with Gasteiger partial charge in [-0.3, -0.25) is 9.67 Å². The first kappa shape index (κ1) is 17.8. The predicted molar refractivity (Wildman–Crippen MR) is 96.9 cm³/mol. The van der Waals surface area contributed by atoms with Crippen molar-refractivity contribution >= 4 is 5.96 Å². The molecule has 0 spiro atoms. The summed E-state index contributed by atoms with van der Waals surface area (Å²) >= 11 is 0. The minimum absolute atomic E-state index is 0.480. The molecule has 0 bridgehead atoms. The van der Waals surface area contributed by atoms with Gasteiger partial charge in [-0.1, -0.05) is 19.8 Å². The summed E-state index contributed by atoms with van der Waals surface area (Å²) in [5.41, 5.74) is 4.21. The smallest absolute Gasteiger partial charge is 0.191 e. The summed E-state index contributed by atoms with van der Waals surface area (Å²) in [6.45, 7) is 8.45. The number of aromatic nitrogens is 2. The maximum absolute atomic E-state index is 4.48. The number of guanidine groups is 1. The van der Waals surface area contributed by atoms with Gasteiger partial charge in [-0.15, -0.1) is 0 Å². The lowest BCUT2D eigenvalue weighted by atomic mass is 9.83. The Morgan fingerprint density at radius 3 is 2.48 bits per heavy atom.